The number of amides is 1. The Morgan fingerprint density at radius 2 is 2.08 bits per heavy atom. The van der Waals surface area contributed by atoms with Gasteiger partial charge in [-0.2, -0.15) is 5.10 Å². The topological polar surface area (TPSA) is 59.8 Å². The number of benzene rings is 1. The van der Waals surface area contributed by atoms with Crippen LogP contribution in [-0.4, -0.2) is 20.7 Å². The van der Waals surface area contributed by atoms with Gasteiger partial charge in [-0.3, -0.25) is 9.48 Å². The molecule has 124 valence electrons. The summed E-state index contributed by atoms with van der Waals surface area (Å²) in [5.74, 6) is -0.303. The van der Waals surface area contributed by atoms with Crippen molar-refractivity contribution in [3.05, 3.63) is 53.6 Å². The molecule has 0 bridgehead atoms. The second-order valence-corrected chi connectivity index (χ2v) is 6.30. The number of halogens is 1. The lowest BCUT2D eigenvalue weighted by molar-refractivity contribution is -0.116. The number of thiazole rings is 1. The number of hydrogen-bond donors (Lipinski definition) is 1. The highest BCUT2D eigenvalue weighted by molar-refractivity contribution is 7.13. The number of hydrogen-bond acceptors (Lipinski definition) is 4. The normalized spacial score (nSPS) is 10.8. The fourth-order valence-electron chi connectivity index (χ4n) is 2.27. The van der Waals surface area contributed by atoms with Gasteiger partial charge in [-0.05, 0) is 31.0 Å². The molecule has 0 saturated carbocycles. The molecule has 7 heteroatoms. The molecule has 2 heterocycles. The zero-order valence-corrected chi connectivity index (χ0v) is 14.0. The summed E-state index contributed by atoms with van der Waals surface area (Å²) in [5, 5.41) is 9.60. The summed E-state index contributed by atoms with van der Waals surface area (Å²) in [5.41, 5.74) is 2.75. The molecule has 1 amide bonds. The van der Waals surface area contributed by atoms with E-state index in [1.54, 1.807) is 23.0 Å². The number of aryl methyl sites for hydroxylation is 2. The van der Waals surface area contributed by atoms with Crippen molar-refractivity contribution in [1.82, 2.24) is 14.8 Å². The fourth-order valence-corrected chi connectivity index (χ4v) is 2.98. The van der Waals surface area contributed by atoms with Crippen molar-refractivity contribution in [1.29, 1.82) is 0 Å². The van der Waals surface area contributed by atoms with Crippen molar-refractivity contribution >= 4 is 22.4 Å². The van der Waals surface area contributed by atoms with E-state index in [4.69, 9.17) is 0 Å². The average molecular weight is 344 g/mol. The second kappa shape index (κ2) is 7.35. The Hall–Kier alpha value is -2.54. The molecule has 5 nitrogen and oxygen atoms in total. The minimum absolute atomic E-state index is 0.0461. The Morgan fingerprint density at radius 1 is 1.29 bits per heavy atom. The van der Waals surface area contributed by atoms with Crippen molar-refractivity contribution in [3.8, 4) is 11.1 Å². The molecule has 1 N–H and O–H groups in total. The van der Waals surface area contributed by atoms with Crippen molar-refractivity contribution in [2.24, 2.45) is 0 Å². The maximum atomic E-state index is 12.9. The minimum atomic E-state index is -0.257. The third-order valence-corrected chi connectivity index (χ3v) is 4.34. The summed E-state index contributed by atoms with van der Waals surface area (Å²) < 4.78 is 14.7. The zero-order valence-electron chi connectivity index (χ0n) is 13.2. The van der Waals surface area contributed by atoms with Crippen LogP contribution in [0.2, 0.25) is 0 Å². The predicted molar refractivity (Wildman–Crippen MR) is 92.3 cm³/mol. The molecule has 0 fully saturated rings. The SMILES string of the molecule is Cc1csc(NC(=O)CCCn2cc(-c3ccc(F)cc3)cn2)n1. The van der Waals surface area contributed by atoms with Gasteiger partial charge in [-0.15, -0.1) is 11.3 Å². The molecule has 0 atom stereocenters. The van der Waals surface area contributed by atoms with Crippen LogP contribution in [0.5, 0.6) is 0 Å². The Labute approximate surface area is 143 Å². The first-order valence-corrected chi connectivity index (χ1v) is 8.48. The quantitative estimate of drug-likeness (QED) is 0.738. The molecular weight excluding hydrogens is 327 g/mol. The number of nitrogens with zero attached hydrogens (tertiary/aromatic N) is 3. The molecular formula is C17H17FN4OS. The van der Waals surface area contributed by atoms with Gasteiger partial charge in [0.1, 0.15) is 5.82 Å². The third kappa shape index (κ3) is 4.26. The molecule has 3 aromatic rings. The summed E-state index contributed by atoms with van der Waals surface area (Å²) >= 11 is 1.42. The van der Waals surface area contributed by atoms with Gasteiger partial charge >= 0.3 is 0 Å². The molecule has 1 aromatic carbocycles. The zero-order chi connectivity index (χ0) is 16.9. The van der Waals surface area contributed by atoms with Gasteiger partial charge in [0.25, 0.3) is 0 Å². The van der Waals surface area contributed by atoms with Gasteiger partial charge in [0.2, 0.25) is 5.91 Å². The second-order valence-electron chi connectivity index (χ2n) is 5.44. The van der Waals surface area contributed by atoms with E-state index in [9.17, 15) is 9.18 Å². The maximum absolute atomic E-state index is 12.9. The number of anilines is 1. The number of nitrogens with one attached hydrogen (secondary N) is 1. The molecule has 2 aromatic heterocycles. The van der Waals surface area contributed by atoms with E-state index < -0.39 is 0 Å². The molecule has 24 heavy (non-hydrogen) atoms. The number of carbonyl (C=O) groups excluding carboxylic acids is 1. The van der Waals surface area contributed by atoms with Crippen LogP contribution in [0, 0.1) is 12.7 Å². The molecule has 0 aliphatic heterocycles. The lowest BCUT2D eigenvalue weighted by Gasteiger charge is -2.02. The number of rotatable bonds is 6. The number of aromatic nitrogens is 3. The van der Waals surface area contributed by atoms with E-state index in [2.05, 4.69) is 15.4 Å². The highest BCUT2D eigenvalue weighted by Gasteiger charge is 2.06. The van der Waals surface area contributed by atoms with Gasteiger partial charge in [0.15, 0.2) is 5.13 Å². The van der Waals surface area contributed by atoms with Crippen LogP contribution in [-0.2, 0) is 11.3 Å². The van der Waals surface area contributed by atoms with E-state index in [0.29, 0.717) is 24.5 Å². The minimum Gasteiger partial charge on any atom is -0.302 e. The van der Waals surface area contributed by atoms with Crippen LogP contribution in [0.3, 0.4) is 0 Å². The molecule has 0 aliphatic rings. The van der Waals surface area contributed by atoms with Crippen LogP contribution in [0.25, 0.3) is 11.1 Å². The van der Waals surface area contributed by atoms with Gasteiger partial charge in [-0.25, -0.2) is 9.37 Å². The van der Waals surface area contributed by atoms with E-state index in [0.717, 1.165) is 16.8 Å². The summed E-state index contributed by atoms with van der Waals surface area (Å²) in [6.07, 6.45) is 4.73. The maximum Gasteiger partial charge on any atom is 0.226 e. The van der Waals surface area contributed by atoms with Crippen LogP contribution in [0.1, 0.15) is 18.5 Å². The summed E-state index contributed by atoms with van der Waals surface area (Å²) in [4.78, 5) is 16.1. The molecule has 0 saturated heterocycles. The van der Waals surface area contributed by atoms with E-state index in [1.165, 1.54) is 23.5 Å². The molecule has 0 spiro atoms. The van der Waals surface area contributed by atoms with E-state index in [1.807, 2.05) is 18.5 Å². The van der Waals surface area contributed by atoms with Gasteiger partial charge in [-0.1, -0.05) is 12.1 Å². The lowest BCUT2D eigenvalue weighted by Crippen LogP contribution is -2.12. The van der Waals surface area contributed by atoms with Gasteiger partial charge in [0.05, 0.1) is 11.9 Å². The first-order valence-electron chi connectivity index (χ1n) is 7.60. The smallest absolute Gasteiger partial charge is 0.226 e. The summed E-state index contributed by atoms with van der Waals surface area (Å²) in [6, 6.07) is 6.30. The van der Waals surface area contributed by atoms with Crippen LogP contribution in [0.15, 0.2) is 42.0 Å². The monoisotopic (exact) mass is 344 g/mol. The summed E-state index contributed by atoms with van der Waals surface area (Å²) in [7, 11) is 0. The van der Waals surface area contributed by atoms with Crippen LogP contribution >= 0.6 is 11.3 Å². The lowest BCUT2D eigenvalue weighted by atomic mass is 10.1. The Morgan fingerprint density at radius 3 is 2.79 bits per heavy atom. The van der Waals surface area contributed by atoms with Gasteiger partial charge in [0, 0.05) is 30.1 Å². The highest BCUT2D eigenvalue weighted by Crippen LogP contribution is 2.19. The molecule has 0 aliphatic carbocycles. The van der Waals surface area contributed by atoms with Crippen molar-refractivity contribution in [2.45, 2.75) is 26.3 Å². The predicted octanol–water partition coefficient (Wildman–Crippen LogP) is 3.87. The number of carbonyl (C=O) groups is 1. The Kier molecular flexibility index (Phi) is 5.00. The van der Waals surface area contributed by atoms with Crippen molar-refractivity contribution in [3.63, 3.8) is 0 Å². The van der Waals surface area contributed by atoms with E-state index in [-0.39, 0.29) is 11.7 Å². The Balaban J connectivity index is 1.48. The molecule has 3 rings (SSSR count). The van der Waals surface area contributed by atoms with Crippen LogP contribution in [0.4, 0.5) is 9.52 Å². The highest BCUT2D eigenvalue weighted by atomic mass is 32.1. The molecule has 0 radical (unpaired) electrons. The fraction of sp³-hybridized carbons (Fsp3) is 0.235. The largest absolute Gasteiger partial charge is 0.302 e. The standard InChI is InChI=1S/C17H17FN4OS/c1-12-11-24-17(20-12)21-16(23)3-2-8-22-10-14(9-19-22)13-4-6-15(18)7-5-13/h4-7,9-11H,2-3,8H2,1H3,(H,20,21,23). The van der Waals surface area contributed by atoms with Crippen molar-refractivity contribution in [2.75, 3.05) is 5.32 Å². The average Bonchev–Trinajstić information content (AvgIpc) is 3.17. The van der Waals surface area contributed by atoms with Gasteiger partial charge < -0.3 is 5.32 Å². The van der Waals surface area contributed by atoms with Crippen molar-refractivity contribution < 1.29 is 9.18 Å². The Bertz CT molecular complexity index is 825. The first kappa shape index (κ1) is 16.3. The van der Waals surface area contributed by atoms with E-state index >= 15 is 0 Å². The third-order valence-electron chi connectivity index (χ3n) is 3.47. The first-order chi connectivity index (χ1) is 11.6. The molecule has 0 unspecified atom stereocenters. The summed E-state index contributed by atoms with van der Waals surface area (Å²) in [6.45, 7) is 2.54. The van der Waals surface area contributed by atoms with Crippen LogP contribution < -0.4 is 5.32 Å².